The number of rotatable bonds is 2. The molecule has 5 heteroatoms. The van der Waals surface area contributed by atoms with Crippen molar-refractivity contribution in [1.82, 2.24) is 0 Å². The van der Waals surface area contributed by atoms with E-state index in [9.17, 15) is 9.18 Å². The predicted octanol–water partition coefficient (Wildman–Crippen LogP) is 3.55. The topological polar surface area (TPSA) is 52.9 Å². The molecule has 0 radical (unpaired) electrons. The summed E-state index contributed by atoms with van der Waals surface area (Å²) in [4.78, 5) is 12.2. The first kappa shape index (κ1) is 14.1. The standard InChI is InChI=1S/C15H11FN2OS/c1-9-2-3-10(8-17)6-13(9)18-15(19)11-4-5-12(16)14(20)7-11/h2-7,20H,1H3,(H,18,19). The summed E-state index contributed by atoms with van der Waals surface area (Å²) in [6.07, 6.45) is 0. The number of benzene rings is 2. The average Bonchev–Trinajstić information content (AvgIpc) is 2.44. The number of aryl methyl sites for hydroxylation is 1. The van der Waals surface area contributed by atoms with Gasteiger partial charge < -0.3 is 5.32 Å². The van der Waals surface area contributed by atoms with Crippen molar-refractivity contribution < 1.29 is 9.18 Å². The molecule has 0 atom stereocenters. The van der Waals surface area contributed by atoms with Crippen molar-refractivity contribution in [3.63, 3.8) is 0 Å². The number of halogens is 1. The van der Waals surface area contributed by atoms with Gasteiger partial charge in [0, 0.05) is 16.1 Å². The van der Waals surface area contributed by atoms with E-state index in [2.05, 4.69) is 17.9 Å². The van der Waals surface area contributed by atoms with E-state index in [-0.39, 0.29) is 10.8 Å². The summed E-state index contributed by atoms with van der Waals surface area (Å²) in [6, 6.07) is 11.0. The normalized spacial score (nSPS) is 9.90. The second-order valence-electron chi connectivity index (χ2n) is 4.26. The van der Waals surface area contributed by atoms with Crippen LogP contribution in [0.2, 0.25) is 0 Å². The molecule has 20 heavy (non-hydrogen) atoms. The van der Waals surface area contributed by atoms with Crippen LogP contribution >= 0.6 is 12.6 Å². The van der Waals surface area contributed by atoms with E-state index >= 15 is 0 Å². The van der Waals surface area contributed by atoms with Gasteiger partial charge in [0.25, 0.3) is 5.91 Å². The van der Waals surface area contributed by atoms with Gasteiger partial charge in [0.05, 0.1) is 11.6 Å². The summed E-state index contributed by atoms with van der Waals surface area (Å²) in [6.45, 7) is 1.82. The molecular formula is C15H11FN2OS. The van der Waals surface area contributed by atoms with Crippen LogP contribution in [0, 0.1) is 24.1 Å². The van der Waals surface area contributed by atoms with E-state index in [1.54, 1.807) is 18.2 Å². The van der Waals surface area contributed by atoms with Crippen LogP contribution in [0.25, 0.3) is 0 Å². The number of hydrogen-bond acceptors (Lipinski definition) is 3. The summed E-state index contributed by atoms with van der Waals surface area (Å²) in [7, 11) is 0. The van der Waals surface area contributed by atoms with Crippen LogP contribution in [-0.2, 0) is 0 Å². The SMILES string of the molecule is Cc1ccc(C#N)cc1NC(=O)c1ccc(F)c(S)c1. The van der Waals surface area contributed by atoms with E-state index in [4.69, 9.17) is 5.26 Å². The summed E-state index contributed by atoms with van der Waals surface area (Å²) < 4.78 is 13.1. The number of thiol groups is 1. The van der Waals surface area contributed by atoms with Gasteiger partial charge in [-0.3, -0.25) is 4.79 Å². The largest absolute Gasteiger partial charge is 0.322 e. The van der Waals surface area contributed by atoms with Gasteiger partial charge in [-0.15, -0.1) is 12.6 Å². The summed E-state index contributed by atoms with van der Waals surface area (Å²) in [5.74, 6) is -0.856. The first-order valence-corrected chi connectivity index (χ1v) is 6.26. The van der Waals surface area contributed by atoms with Crippen LogP contribution in [-0.4, -0.2) is 5.91 Å². The van der Waals surface area contributed by atoms with Crippen LogP contribution in [0.15, 0.2) is 41.3 Å². The maximum Gasteiger partial charge on any atom is 0.255 e. The lowest BCUT2D eigenvalue weighted by molar-refractivity contribution is 0.102. The summed E-state index contributed by atoms with van der Waals surface area (Å²) in [5, 5.41) is 11.6. The molecule has 0 spiro atoms. The lowest BCUT2D eigenvalue weighted by atomic mass is 10.1. The van der Waals surface area contributed by atoms with Crippen LogP contribution < -0.4 is 5.32 Å². The predicted molar refractivity (Wildman–Crippen MR) is 77.5 cm³/mol. The van der Waals surface area contributed by atoms with Gasteiger partial charge in [-0.05, 0) is 42.8 Å². The fourth-order valence-corrected chi connectivity index (χ4v) is 1.89. The Bertz CT molecular complexity index is 722. The van der Waals surface area contributed by atoms with Gasteiger partial charge in [-0.1, -0.05) is 6.07 Å². The Morgan fingerprint density at radius 2 is 2.05 bits per heavy atom. The highest BCUT2D eigenvalue weighted by atomic mass is 32.1. The molecule has 0 aliphatic heterocycles. The van der Waals surface area contributed by atoms with Crippen LogP contribution in [0.4, 0.5) is 10.1 Å². The van der Waals surface area contributed by atoms with Gasteiger partial charge in [-0.2, -0.15) is 5.26 Å². The lowest BCUT2D eigenvalue weighted by Gasteiger charge is -2.09. The molecule has 0 saturated heterocycles. The van der Waals surface area contributed by atoms with Gasteiger partial charge in [0.1, 0.15) is 5.82 Å². The van der Waals surface area contributed by atoms with Crippen molar-refractivity contribution in [2.24, 2.45) is 0 Å². The number of amides is 1. The number of nitrogens with one attached hydrogen (secondary N) is 1. The summed E-state index contributed by atoms with van der Waals surface area (Å²) in [5.41, 5.74) is 2.16. The van der Waals surface area contributed by atoms with Crippen LogP contribution in [0.1, 0.15) is 21.5 Å². The van der Waals surface area contributed by atoms with E-state index in [0.29, 0.717) is 16.8 Å². The molecule has 0 heterocycles. The molecule has 1 N–H and O–H groups in total. The third-order valence-electron chi connectivity index (χ3n) is 2.82. The van der Waals surface area contributed by atoms with E-state index in [1.165, 1.54) is 18.2 Å². The lowest BCUT2D eigenvalue weighted by Crippen LogP contribution is -2.13. The monoisotopic (exact) mass is 286 g/mol. The van der Waals surface area contributed by atoms with E-state index < -0.39 is 5.82 Å². The zero-order valence-corrected chi connectivity index (χ0v) is 11.5. The van der Waals surface area contributed by atoms with Crippen molar-refractivity contribution in [3.8, 4) is 6.07 Å². The number of carbonyl (C=O) groups excluding carboxylic acids is 1. The molecule has 0 bridgehead atoms. The van der Waals surface area contributed by atoms with Gasteiger partial charge in [0.2, 0.25) is 0 Å². The fourth-order valence-electron chi connectivity index (χ4n) is 1.67. The smallest absolute Gasteiger partial charge is 0.255 e. The molecule has 2 aromatic carbocycles. The first-order chi connectivity index (χ1) is 9.51. The second-order valence-corrected chi connectivity index (χ2v) is 4.74. The van der Waals surface area contributed by atoms with Crippen molar-refractivity contribution >= 4 is 24.2 Å². The van der Waals surface area contributed by atoms with Crippen molar-refractivity contribution in [1.29, 1.82) is 5.26 Å². The molecule has 0 fully saturated rings. The Hall–Kier alpha value is -2.32. The third-order valence-corrected chi connectivity index (χ3v) is 3.17. The number of nitrogens with zero attached hydrogens (tertiary/aromatic N) is 1. The Labute approximate surface area is 121 Å². The second kappa shape index (κ2) is 5.76. The fraction of sp³-hybridized carbons (Fsp3) is 0.0667. The molecule has 0 aliphatic rings. The molecule has 0 saturated carbocycles. The highest BCUT2D eigenvalue weighted by Gasteiger charge is 2.10. The van der Waals surface area contributed by atoms with Crippen molar-refractivity contribution in [3.05, 3.63) is 58.9 Å². The zero-order valence-electron chi connectivity index (χ0n) is 10.6. The molecule has 1 amide bonds. The molecule has 0 aromatic heterocycles. The van der Waals surface area contributed by atoms with Crippen LogP contribution in [0.5, 0.6) is 0 Å². The highest BCUT2D eigenvalue weighted by molar-refractivity contribution is 7.80. The molecule has 2 aromatic rings. The number of anilines is 1. The Morgan fingerprint density at radius 1 is 1.30 bits per heavy atom. The quantitative estimate of drug-likeness (QED) is 0.830. The van der Waals surface area contributed by atoms with Crippen molar-refractivity contribution in [2.75, 3.05) is 5.32 Å². The molecule has 3 nitrogen and oxygen atoms in total. The zero-order chi connectivity index (χ0) is 14.7. The minimum atomic E-state index is -0.479. The molecule has 2 rings (SSSR count). The Kier molecular flexibility index (Phi) is 4.06. The molecular weight excluding hydrogens is 275 g/mol. The van der Waals surface area contributed by atoms with Crippen LogP contribution in [0.3, 0.4) is 0 Å². The maximum atomic E-state index is 13.1. The minimum absolute atomic E-state index is 0.111. The molecule has 100 valence electrons. The summed E-state index contributed by atoms with van der Waals surface area (Å²) >= 11 is 3.94. The van der Waals surface area contributed by atoms with Gasteiger partial charge in [0.15, 0.2) is 0 Å². The van der Waals surface area contributed by atoms with E-state index in [0.717, 1.165) is 5.56 Å². The number of hydrogen-bond donors (Lipinski definition) is 2. The molecule has 0 unspecified atom stereocenters. The molecule has 0 aliphatic carbocycles. The number of nitriles is 1. The Morgan fingerprint density at radius 3 is 2.70 bits per heavy atom. The third kappa shape index (κ3) is 2.98. The maximum absolute atomic E-state index is 13.1. The van der Waals surface area contributed by atoms with Gasteiger partial charge in [-0.25, -0.2) is 4.39 Å². The average molecular weight is 286 g/mol. The number of carbonyl (C=O) groups is 1. The Balaban J connectivity index is 2.28. The first-order valence-electron chi connectivity index (χ1n) is 5.82. The highest BCUT2D eigenvalue weighted by Crippen LogP contribution is 2.19. The minimum Gasteiger partial charge on any atom is -0.322 e. The van der Waals surface area contributed by atoms with Gasteiger partial charge >= 0.3 is 0 Å². The van der Waals surface area contributed by atoms with Crippen molar-refractivity contribution in [2.45, 2.75) is 11.8 Å². The van der Waals surface area contributed by atoms with E-state index in [1.807, 2.05) is 13.0 Å².